The lowest BCUT2D eigenvalue weighted by Crippen LogP contribution is -2.35. The lowest BCUT2D eigenvalue weighted by Gasteiger charge is -2.28. The number of hydrogen-bond donors (Lipinski definition) is 1. The van der Waals surface area contributed by atoms with Crippen LogP contribution in [0.5, 0.6) is 5.75 Å². The topological polar surface area (TPSA) is 108 Å². The maximum Gasteiger partial charge on any atom is 0.259 e. The van der Waals surface area contributed by atoms with Crippen molar-refractivity contribution in [2.24, 2.45) is 5.92 Å². The molecular formula is C25H23N5O3S. The second kappa shape index (κ2) is 8.88. The van der Waals surface area contributed by atoms with E-state index in [9.17, 15) is 14.9 Å². The van der Waals surface area contributed by atoms with Gasteiger partial charge in [-0.05, 0) is 44.0 Å². The first-order valence-electron chi connectivity index (χ1n) is 11.1. The third-order valence-electron chi connectivity index (χ3n) is 6.34. The molecule has 2 aromatic heterocycles. The highest BCUT2D eigenvalue weighted by Crippen LogP contribution is 2.37. The van der Waals surface area contributed by atoms with E-state index in [0.29, 0.717) is 46.2 Å². The molecule has 8 nitrogen and oxygen atoms in total. The van der Waals surface area contributed by atoms with Crippen LogP contribution in [0.1, 0.15) is 51.4 Å². The predicted octanol–water partition coefficient (Wildman–Crippen LogP) is 4.29. The summed E-state index contributed by atoms with van der Waals surface area (Å²) < 4.78 is 5.49. The lowest BCUT2D eigenvalue weighted by atomic mass is 9.84. The van der Waals surface area contributed by atoms with Gasteiger partial charge in [-0.2, -0.15) is 5.26 Å². The Kier molecular flexibility index (Phi) is 5.75. The highest BCUT2D eigenvalue weighted by Gasteiger charge is 2.34. The number of carbonyl (C=O) groups is 2. The number of amides is 2. The number of fused-ring (bicyclic) bond motifs is 1. The van der Waals surface area contributed by atoms with Crippen molar-refractivity contribution in [3.05, 3.63) is 57.9 Å². The minimum absolute atomic E-state index is 0.164. The minimum atomic E-state index is -0.346. The van der Waals surface area contributed by atoms with Crippen LogP contribution in [-0.4, -0.2) is 33.8 Å². The van der Waals surface area contributed by atoms with Gasteiger partial charge in [-0.3, -0.25) is 19.9 Å². The van der Waals surface area contributed by atoms with Crippen molar-refractivity contribution in [3.63, 3.8) is 0 Å². The molecule has 3 heterocycles. The fraction of sp³-hybridized carbons (Fsp3) is 0.320. The number of ether oxygens (including phenoxy) is 1. The van der Waals surface area contributed by atoms with Crippen molar-refractivity contribution < 1.29 is 14.3 Å². The summed E-state index contributed by atoms with van der Waals surface area (Å²) in [6.07, 6.45) is 4.61. The summed E-state index contributed by atoms with van der Waals surface area (Å²) in [5, 5.41) is 12.7. The van der Waals surface area contributed by atoms with E-state index in [1.54, 1.807) is 31.4 Å². The third kappa shape index (κ3) is 4.01. The summed E-state index contributed by atoms with van der Waals surface area (Å²) in [5.41, 5.74) is 3.67. The van der Waals surface area contributed by atoms with Crippen LogP contribution in [0.25, 0.3) is 11.1 Å². The second-order valence-corrected chi connectivity index (χ2v) is 9.65. The van der Waals surface area contributed by atoms with Gasteiger partial charge < -0.3 is 9.64 Å². The zero-order valence-corrected chi connectivity index (χ0v) is 19.7. The molecule has 1 aliphatic heterocycles. The van der Waals surface area contributed by atoms with E-state index < -0.39 is 0 Å². The highest BCUT2D eigenvalue weighted by molar-refractivity contribution is 7.16. The second-order valence-electron chi connectivity index (χ2n) is 8.56. The molecule has 0 bridgehead atoms. The van der Waals surface area contributed by atoms with Crippen molar-refractivity contribution in [2.75, 3.05) is 12.4 Å². The molecule has 0 radical (unpaired) electrons. The number of anilines is 1. The third-order valence-corrected chi connectivity index (χ3v) is 7.34. The zero-order chi connectivity index (χ0) is 23.8. The van der Waals surface area contributed by atoms with Gasteiger partial charge in [0.05, 0.1) is 48.0 Å². The molecule has 3 aromatic rings. The van der Waals surface area contributed by atoms with E-state index in [2.05, 4.69) is 21.4 Å². The number of carbonyl (C=O) groups excluding carboxylic acids is 2. The Morgan fingerprint density at radius 3 is 2.74 bits per heavy atom. The molecule has 2 amide bonds. The van der Waals surface area contributed by atoms with Crippen molar-refractivity contribution in [1.29, 1.82) is 5.26 Å². The number of aromatic nitrogens is 2. The first-order chi connectivity index (χ1) is 16.5. The van der Waals surface area contributed by atoms with Crippen LogP contribution >= 0.6 is 11.3 Å². The summed E-state index contributed by atoms with van der Waals surface area (Å²) in [7, 11) is 1.55. The summed E-state index contributed by atoms with van der Waals surface area (Å²) >= 11 is 1.40. The molecule has 1 saturated carbocycles. The Balaban J connectivity index is 1.38. The first-order valence-corrected chi connectivity index (χ1v) is 11.9. The number of hydrogen-bond acceptors (Lipinski definition) is 7. The van der Waals surface area contributed by atoms with E-state index in [0.717, 1.165) is 35.5 Å². The monoisotopic (exact) mass is 473 g/mol. The van der Waals surface area contributed by atoms with Crippen LogP contribution in [0.15, 0.2) is 30.5 Å². The summed E-state index contributed by atoms with van der Waals surface area (Å²) in [4.78, 5) is 37.5. The Labute approximate surface area is 201 Å². The van der Waals surface area contributed by atoms with E-state index in [1.807, 2.05) is 11.8 Å². The smallest absolute Gasteiger partial charge is 0.259 e. The number of nitriles is 1. The van der Waals surface area contributed by atoms with Crippen LogP contribution in [0.3, 0.4) is 0 Å². The molecule has 34 heavy (non-hydrogen) atoms. The van der Waals surface area contributed by atoms with Crippen LogP contribution in [0, 0.1) is 24.2 Å². The van der Waals surface area contributed by atoms with Gasteiger partial charge in [0.1, 0.15) is 5.75 Å². The standard InChI is InChI=1S/C25H23N5O3S/c1-14-8-17(18-9-15(10-26)6-7-21(18)33-2)19(11-27-14)23(31)29-25-28-20-12-30(13-22(20)34-25)24(32)16-4-3-5-16/h6-9,11,16H,3-5,12-13H2,1-2H3,(H,28,29,31). The largest absolute Gasteiger partial charge is 0.496 e. The van der Waals surface area contributed by atoms with Crippen molar-refractivity contribution in [3.8, 4) is 22.9 Å². The first kappa shape index (κ1) is 22.0. The molecular weight excluding hydrogens is 450 g/mol. The fourth-order valence-electron chi connectivity index (χ4n) is 4.28. The number of nitrogens with one attached hydrogen (secondary N) is 1. The average molecular weight is 474 g/mol. The van der Waals surface area contributed by atoms with Gasteiger partial charge in [0.2, 0.25) is 5.91 Å². The van der Waals surface area contributed by atoms with Crippen molar-refractivity contribution in [2.45, 2.75) is 39.3 Å². The van der Waals surface area contributed by atoms with Crippen LogP contribution in [0.2, 0.25) is 0 Å². The van der Waals surface area contributed by atoms with Gasteiger partial charge in [0.25, 0.3) is 5.91 Å². The Morgan fingerprint density at radius 2 is 2.06 bits per heavy atom. The number of nitrogens with zero attached hydrogens (tertiary/aromatic N) is 4. The fourth-order valence-corrected chi connectivity index (χ4v) is 5.26. The maximum atomic E-state index is 13.3. The zero-order valence-electron chi connectivity index (χ0n) is 18.9. The van der Waals surface area contributed by atoms with Crippen LogP contribution < -0.4 is 10.1 Å². The Morgan fingerprint density at radius 1 is 1.24 bits per heavy atom. The maximum absolute atomic E-state index is 13.3. The summed E-state index contributed by atoms with van der Waals surface area (Å²) in [6, 6.07) is 9.03. The molecule has 9 heteroatoms. The van der Waals surface area contributed by atoms with E-state index in [4.69, 9.17) is 4.74 Å². The van der Waals surface area contributed by atoms with Gasteiger partial charge in [0, 0.05) is 28.9 Å². The molecule has 1 aliphatic carbocycles. The lowest BCUT2D eigenvalue weighted by molar-refractivity contribution is -0.138. The molecule has 1 N–H and O–H groups in total. The molecule has 172 valence electrons. The molecule has 2 aliphatic rings. The number of aryl methyl sites for hydroxylation is 1. The highest BCUT2D eigenvalue weighted by atomic mass is 32.1. The Hall–Kier alpha value is -3.77. The Bertz CT molecular complexity index is 1320. The van der Waals surface area contributed by atoms with Gasteiger partial charge in [0.15, 0.2) is 5.13 Å². The average Bonchev–Trinajstić information content (AvgIpc) is 3.36. The number of rotatable bonds is 5. The minimum Gasteiger partial charge on any atom is -0.496 e. The summed E-state index contributed by atoms with van der Waals surface area (Å²) in [6.45, 7) is 2.88. The molecule has 1 fully saturated rings. The van der Waals surface area contributed by atoms with Gasteiger partial charge in [-0.15, -0.1) is 0 Å². The number of benzene rings is 1. The number of methoxy groups -OCH3 is 1. The van der Waals surface area contributed by atoms with Gasteiger partial charge in [-0.1, -0.05) is 17.8 Å². The number of thiazole rings is 1. The van der Waals surface area contributed by atoms with E-state index in [1.165, 1.54) is 17.5 Å². The van der Waals surface area contributed by atoms with Gasteiger partial charge >= 0.3 is 0 Å². The SMILES string of the molecule is COc1ccc(C#N)cc1-c1cc(C)ncc1C(=O)Nc1nc2c(s1)CN(C(=O)C1CCC1)C2. The predicted molar refractivity (Wildman–Crippen MR) is 127 cm³/mol. The van der Waals surface area contributed by atoms with Crippen molar-refractivity contribution in [1.82, 2.24) is 14.9 Å². The van der Waals surface area contributed by atoms with E-state index >= 15 is 0 Å². The molecule has 0 spiro atoms. The molecule has 0 unspecified atom stereocenters. The quantitative estimate of drug-likeness (QED) is 0.592. The molecule has 1 aromatic carbocycles. The summed E-state index contributed by atoms with van der Waals surface area (Å²) in [5.74, 6) is 0.591. The van der Waals surface area contributed by atoms with Crippen molar-refractivity contribution >= 4 is 28.3 Å². The van der Waals surface area contributed by atoms with E-state index in [-0.39, 0.29) is 17.7 Å². The number of pyridine rings is 1. The molecule has 5 rings (SSSR count). The van der Waals surface area contributed by atoms with Crippen LogP contribution in [0.4, 0.5) is 5.13 Å². The van der Waals surface area contributed by atoms with Crippen LogP contribution in [-0.2, 0) is 17.9 Å². The van der Waals surface area contributed by atoms with Gasteiger partial charge in [-0.25, -0.2) is 4.98 Å². The normalized spacial score (nSPS) is 14.8. The molecule has 0 atom stereocenters. The molecule has 0 saturated heterocycles.